The van der Waals surface area contributed by atoms with Crippen molar-refractivity contribution in [3.63, 3.8) is 0 Å². The zero-order chi connectivity index (χ0) is 20.5. The molecule has 1 heterocycles. The van der Waals surface area contributed by atoms with Crippen LogP contribution in [0.3, 0.4) is 0 Å². The Hall–Kier alpha value is -4.05. The average Bonchev–Trinajstić information content (AvgIpc) is 3.18. The monoisotopic (exact) mass is 388 g/mol. The molecule has 3 aromatic rings. The summed E-state index contributed by atoms with van der Waals surface area (Å²) in [5, 5.41) is 15.7. The third-order valence-electron chi connectivity index (χ3n) is 4.00. The van der Waals surface area contributed by atoms with E-state index in [0.717, 1.165) is 11.1 Å². The van der Waals surface area contributed by atoms with Gasteiger partial charge in [0.25, 0.3) is 0 Å². The molecule has 0 bridgehead atoms. The maximum atomic E-state index is 12.2. The molecule has 0 aliphatic heterocycles. The predicted molar refractivity (Wildman–Crippen MR) is 110 cm³/mol. The zero-order valence-corrected chi connectivity index (χ0v) is 15.9. The highest BCUT2D eigenvalue weighted by molar-refractivity contribution is 6.01. The number of nitrogens with zero attached hydrogens (tertiary/aromatic N) is 3. The van der Waals surface area contributed by atoms with Crippen molar-refractivity contribution in [3.8, 4) is 17.6 Å². The number of nitrogens with one attached hydrogen (secondary N) is 1. The number of aromatic nitrogens is 2. The highest BCUT2D eigenvalue weighted by Crippen LogP contribution is 2.28. The molecule has 1 N–H and O–H groups in total. The van der Waals surface area contributed by atoms with E-state index in [9.17, 15) is 4.79 Å². The fourth-order valence-electron chi connectivity index (χ4n) is 2.66. The molecule has 3 rings (SSSR count). The summed E-state index contributed by atoms with van der Waals surface area (Å²) in [6.07, 6.45) is 6.49. The first-order valence-electron chi connectivity index (χ1n) is 8.91. The van der Waals surface area contributed by atoms with Gasteiger partial charge in [0.2, 0.25) is 5.91 Å². The van der Waals surface area contributed by atoms with Gasteiger partial charge in [0.1, 0.15) is 6.07 Å². The number of carbonyl (C=O) groups is 1. The number of benzene rings is 2. The maximum absolute atomic E-state index is 12.2. The smallest absolute Gasteiger partial charge is 0.248 e. The van der Waals surface area contributed by atoms with Crippen molar-refractivity contribution >= 4 is 17.7 Å². The number of hydrogen-bond donors (Lipinski definition) is 1. The molecule has 7 heteroatoms. The van der Waals surface area contributed by atoms with E-state index in [1.54, 1.807) is 41.4 Å². The Kier molecular flexibility index (Phi) is 6.63. The van der Waals surface area contributed by atoms with Crippen LogP contribution in [0, 0.1) is 11.3 Å². The second-order valence-corrected chi connectivity index (χ2v) is 6.09. The first-order valence-corrected chi connectivity index (χ1v) is 8.91. The molecule has 29 heavy (non-hydrogen) atoms. The number of carbonyl (C=O) groups excluding carboxylic acids is 1. The van der Waals surface area contributed by atoms with Crippen LogP contribution in [0.5, 0.6) is 11.5 Å². The quantitative estimate of drug-likeness (QED) is 0.597. The Labute approximate surface area is 168 Å². The highest BCUT2D eigenvalue weighted by Gasteiger charge is 2.06. The van der Waals surface area contributed by atoms with Gasteiger partial charge in [0.15, 0.2) is 18.1 Å². The van der Waals surface area contributed by atoms with E-state index in [1.807, 2.05) is 36.4 Å². The summed E-state index contributed by atoms with van der Waals surface area (Å²) in [5.74, 6) is 0.694. The molecule has 0 atom stereocenters. The van der Waals surface area contributed by atoms with Crippen LogP contribution >= 0.6 is 0 Å². The second-order valence-electron chi connectivity index (χ2n) is 6.09. The molecule has 0 spiro atoms. The Bertz CT molecular complexity index is 1040. The van der Waals surface area contributed by atoms with Crippen LogP contribution in [0.4, 0.5) is 5.69 Å². The van der Waals surface area contributed by atoms with Crippen molar-refractivity contribution in [2.75, 3.05) is 19.0 Å². The molecular formula is C22H20N4O3. The summed E-state index contributed by atoms with van der Waals surface area (Å²) in [4.78, 5) is 12.2. The molecule has 0 radical (unpaired) electrons. The van der Waals surface area contributed by atoms with Crippen LogP contribution in [0.1, 0.15) is 11.1 Å². The highest BCUT2D eigenvalue weighted by atomic mass is 16.5. The lowest BCUT2D eigenvalue weighted by atomic mass is 10.2. The van der Waals surface area contributed by atoms with Crippen LogP contribution in [0.15, 0.2) is 67.0 Å². The van der Waals surface area contributed by atoms with Gasteiger partial charge >= 0.3 is 0 Å². The normalized spacial score (nSPS) is 10.5. The van der Waals surface area contributed by atoms with Crippen molar-refractivity contribution in [3.05, 3.63) is 78.1 Å². The Morgan fingerprint density at radius 1 is 1.24 bits per heavy atom. The second kappa shape index (κ2) is 9.76. The number of rotatable bonds is 8. The van der Waals surface area contributed by atoms with Gasteiger partial charge in [-0.1, -0.05) is 36.4 Å². The Morgan fingerprint density at radius 3 is 2.83 bits per heavy atom. The van der Waals surface area contributed by atoms with Gasteiger partial charge < -0.3 is 14.8 Å². The van der Waals surface area contributed by atoms with Crippen molar-refractivity contribution in [2.24, 2.45) is 0 Å². The summed E-state index contributed by atoms with van der Waals surface area (Å²) >= 11 is 0. The van der Waals surface area contributed by atoms with Crippen LogP contribution in [-0.4, -0.2) is 29.4 Å². The minimum atomic E-state index is -0.270. The standard InChI is InChI=1S/C22H20N4O3/c1-28-21-13-17(7-9-20(21)29-12-11-23)8-10-22(27)25-19-14-24-26(16-19)15-18-5-3-2-4-6-18/h2-10,13-14,16H,12,15H2,1H3,(H,25,27)/b10-8+. The van der Waals surface area contributed by atoms with Gasteiger partial charge in [-0.3, -0.25) is 9.48 Å². The molecule has 0 saturated carbocycles. The first-order chi connectivity index (χ1) is 14.2. The van der Waals surface area contributed by atoms with Gasteiger partial charge in [-0.2, -0.15) is 10.4 Å². The predicted octanol–water partition coefficient (Wildman–Crippen LogP) is 3.49. The summed E-state index contributed by atoms with van der Waals surface area (Å²) in [5.41, 5.74) is 2.51. The largest absolute Gasteiger partial charge is 0.493 e. The fraction of sp³-hybridized carbons (Fsp3) is 0.136. The number of anilines is 1. The minimum absolute atomic E-state index is 0.0636. The molecule has 0 saturated heterocycles. The number of nitriles is 1. The lowest BCUT2D eigenvalue weighted by molar-refractivity contribution is -0.111. The molecule has 0 fully saturated rings. The van der Waals surface area contributed by atoms with Crippen molar-refractivity contribution in [2.45, 2.75) is 6.54 Å². The van der Waals surface area contributed by atoms with Crippen molar-refractivity contribution in [1.29, 1.82) is 5.26 Å². The third-order valence-corrected chi connectivity index (χ3v) is 4.00. The lowest BCUT2D eigenvalue weighted by Gasteiger charge is -2.08. The van der Waals surface area contributed by atoms with E-state index < -0.39 is 0 Å². The first kappa shape index (κ1) is 19.7. The fourth-order valence-corrected chi connectivity index (χ4v) is 2.66. The summed E-state index contributed by atoms with van der Waals surface area (Å²) in [6.45, 7) is 0.568. The Balaban J connectivity index is 1.59. The molecule has 0 unspecified atom stereocenters. The van der Waals surface area contributed by atoms with Gasteiger partial charge in [0.05, 0.1) is 25.5 Å². The van der Waals surface area contributed by atoms with E-state index in [4.69, 9.17) is 14.7 Å². The molecule has 7 nitrogen and oxygen atoms in total. The molecule has 2 aromatic carbocycles. The molecule has 0 aliphatic carbocycles. The maximum Gasteiger partial charge on any atom is 0.248 e. The molecular weight excluding hydrogens is 368 g/mol. The molecule has 1 aromatic heterocycles. The lowest BCUT2D eigenvalue weighted by Crippen LogP contribution is -2.07. The van der Waals surface area contributed by atoms with E-state index in [0.29, 0.717) is 23.7 Å². The van der Waals surface area contributed by atoms with E-state index in [2.05, 4.69) is 10.4 Å². The van der Waals surface area contributed by atoms with Crippen LogP contribution in [0.2, 0.25) is 0 Å². The summed E-state index contributed by atoms with van der Waals surface area (Å²) in [6, 6.07) is 17.1. The molecule has 1 amide bonds. The molecule has 146 valence electrons. The minimum Gasteiger partial charge on any atom is -0.493 e. The average molecular weight is 388 g/mol. The van der Waals surface area contributed by atoms with Crippen molar-refractivity contribution < 1.29 is 14.3 Å². The third kappa shape index (κ3) is 5.71. The topological polar surface area (TPSA) is 89.2 Å². The summed E-state index contributed by atoms with van der Waals surface area (Å²) < 4.78 is 12.3. The van der Waals surface area contributed by atoms with Crippen LogP contribution in [0.25, 0.3) is 6.08 Å². The van der Waals surface area contributed by atoms with Gasteiger partial charge in [-0.05, 0) is 29.3 Å². The Morgan fingerprint density at radius 2 is 2.07 bits per heavy atom. The summed E-state index contributed by atoms with van der Waals surface area (Å²) in [7, 11) is 1.52. The zero-order valence-electron chi connectivity index (χ0n) is 15.9. The number of ether oxygens (including phenoxy) is 2. The van der Waals surface area contributed by atoms with Gasteiger partial charge in [0, 0.05) is 12.3 Å². The van der Waals surface area contributed by atoms with Crippen molar-refractivity contribution in [1.82, 2.24) is 9.78 Å². The SMILES string of the molecule is COc1cc(/C=C/C(=O)Nc2cnn(Cc3ccccc3)c2)ccc1OCC#N. The van der Waals surface area contributed by atoms with Gasteiger partial charge in [-0.15, -0.1) is 0 Å². The van der Waals surface area contributed by atoms with Crippen LogP contribution < -0.4 is 14.8 Å². The number of amides is 1. The van der Waals surface area contributed by atoms with E-state index in [-0.39, 0.29) is 12.5 Å². The van der Waals surface area contributed by atoms with E-state index in [1.165, 1.54) is 13.2 Å². The van der Waals surface area contributed by atoms with Crippen LogP contribution in [-0.2, 0) is 11.3 Å². The number of methoxy groups -OCH3 is 1. The van der Waals surface area contributed by atoms with Gasteiger partial charge in [-0.25, -0.2) is 0 Å². The molecule has 0 aliphatic rings. The number of hydrogen-bond acceptors (Lipinski definition) is 5. The van der Waals surface area contributed by atoms with E-state index >= 15 is 0 Å².